The minimum atomic E-state index is -0.152. The molecule has 1 amide bonds. The third kappa shape index (κ3) is 4.36. The number of aromatic nitrogens is 4. The highest BCUT2D eigenvalue weighted by molar-refractivity contribution is 6.32. The summed E-state index contributed by atoms with van der Waals surface area (Å²) in [7, 11) is 1.75. The van der Waals surface area contributed by atoms with Crippen molar-refractivity contribution >= 4 is 17.5 Å². The van der Waals surface area contributed by atoms with Gasteiger partial charge in [-0.3, -0.25) is 9.48 Å². The summed E-state index contributed by atoms with van der Waals surface area (Å²) >= 11 is 6.18. The molecule has 0 radical (unpaired) electrons. The highest BCUT2D eigenvalue weighted by atomic mass is 35.5. The van der Waals surface area contributed by atoms with Crippen LogP contribution in [-0.2, 0) is 19.8 Å². The molecule has 3 aromatic rings. The molecule has 0 unspecified atom stereocenters. The highest BCUT2D eigenvalue weighted by Crippen LogP contribution is 2.26. The summed E-state index contributed by atoms with van der Waals surface area (Å²) < 4.78 is 9.24. The number of rotatable bonds is 7. The number of hydrogen-bond donors (Lipinski definition) is 0. The standard InChI is InChI=1S/C20H24ClN5O2/c1-5-26-16(6-8-22-26)12-24(4)20(27)18-7-9-25(23-18)13-28-17-10-14(2)19(21)15(3)11-17/h6-11H,5,12-13H2,1-4H3. The summed E-state index contributed by atoms with van der Waals surface area (Å²) in [5.74, 6) is 0.563. The number of carbonyl (C=O) groups is 1. The lowest BCUT2D eigenvalue weighted by molar-refractivity contribution is 0.0773. The molecule has 28 heavy (non-hydrogen) atoms. The maximum atomic E-state index is 12.6. The predicted octanol–water partition coefficient (Wildman–Crippen LogP) is 3.68. The van der Waals surface area contributed by atoms with Gasteiger partial charge in [0.1, 0.15) is 5.75 Å². The molecule has 0 bridgehead atoms. The normalized spacial score (nSPS) is 10.9. The molecule has 0 aliphatic rings. The Labute approximate surface area is 169 Å². The number of hydrogen-bond acceptors (Lipinski definition) is 4. The zero-order valence-electron chi connectivity index (χ0n) is 16.5. The van der Waals surface area contributed by atoms with Gasteiger partial charge in [-0.15, -0.1) is 0 Å². The van der Waals surface area contributed by atoms with Crippen molar-refractivity contribution in [3.05, 3.63) is 64.2 Å². The minimum absolute atomic E-state index is 0.152. The fourth-order valence-electron chi connectivity index (χ4n) is 2.97. The molecule has 0 aliphatic heterocycles. The molecule has 8 heteroatoms. The lowest BCUT2D eigenvalue weighted by Crippen LogP contribution is -2.28. The van der Waals surface area contributed by atoms with Gasteiger partial charge in [-0.05, 0) is 56.2 Å². The minimum Gasteiger partial charge on any atom is -0.471 e. The fourth-order valence-corrected chi connectivity index (χ4v) is 3.08. The molecule has 0 atom stereocenters. The Morgan fingerprint density at radius 2 is 1.96 bits per heavy atom. The van der Waals surface area contributed by atoms with Crippen LogP contribution in [0.5, 0.6) is 5.75 Å². The summed E-state index contributed by atoms with van der Waals surface area (Å²) in [5, 5.41) is 9.30. The monoisotopic (exact) mass is 401 g/mol. The van der Waals surface area contributed by atoms with E-state index in [0.717, 1.165) is 28.4 Å². The van der Waals surface area contributed by atoms with Crippen LogP contribution in [-0.4, -0.2) is 37.4 Å². The van der Waals surface area contributed by atoms with E-state index >= 15 is 0 Å². The second-order valence-electron chi connectivity index (χ2n) is 6.68. The number of ether oxygens (including phenoxy) is 1. The molecule has 7 nitrogen and oxygen atoms in total. The van der Waals surface area contributed by atoms with Crippen LogP contribution in [0.2, 0.25) is 5.02 Å². The van der Waals surface area contributed by atoms with Gasteiger partial charge in [0.05, 0.1) is 12.2 Å². The number of benzene rings is 1. The van der Waals surface area contributed by atoms with Gasteiger partial charge in [0, 0.05) is 31.0 Å². The predicted molar refractivity (Wildman–Crippen MR) is 107 cm³/mol. The Bertz CT molecular complexity index is 956. The number of aryl methyl sites for hydroxylation is 3. The van der Waals surface area contributed by atoms with Crippen LogP contribution < -0.4 is 4.74 Å². The van der Waals surface area contributed by atoms with E-state index in [-0.39, 0.29) is 12.6 Å². The molecule has 3 rings (SSSR count). The van der Waals surface area contributed by atoms with Gasteiger partial charge in [0.15, 0.2) is 12.4 Å². The molecule has 2 aromatic heterocycles. The van der Waals surface area contributed by atoms with Gasteiger partial charge in [0.2, 0.25) is 0 Å². The topological polar surface area (TPSA) is 65.2 Å². The van der Waals surface area contributed by atoms with Gasteiger partial charge >= 0.3 is 0 Å². The Morgan fingerprint density at radius 3 is 2.64 bits per heavy atom. The average Bonchev–Trinajstić information content (AvgIpc) is 3.32. The van der Waals surface area contributed by atoms with E-state index in [1.807, 2.05) is 43.7 Å². The van der Waals surface area contributed by atoms with Gasteiger partial charge in [-0.25, -0.2) is 4.68 Å². The molecule has 2 heterocycles. The number of carbonyl (C=O) groups excluding carboxylic acids is 1. The van der Waals surface area contributed by atoms with Gasteiger partial charge < -0.3 is 9.64 Å². The molecular formula is C20H24ClN5O2. The molecular weight excluding hydrogens is 378 g/mol. The van der Waals surface area contributed by atoms with Crippen LogP contribution in [0.15, 0.2) is 36.7 Å². The third-order valence-corrected chi connectivity index (χ3v) is 5.08. The van der Waals surface area contributed by atoms with Crippen molar-refractivity contribution in [1.29, 1.82) is 0 Å². The van der Waals surface area contributed by atoms with Gasteiger partial charge in [0.25, 0.3) is 5.91 Å². The van der Waals surface area contributed by atoms with Gasteiger partial charge in [-0.1, -0.05) is 11.6 Å². The SMILES string of the molecule is CCn1nccc1CN(C)C(=O)c1ccn(COc2cc(C)c(Cl)c(C)c2)n1. The molecule has 0 aliphatic carbocycles. The van der Waals surface area contributed by atoms with Crippen LogP contribution in [0, 0.1) is 13.8 Å². The van der Waals surface area contributed by atoms with E-state index in [4.69, 9.17) is 16.3 Å². The fraction of sp³-hybridized carbons (Fsp3) is 0.350. The molecule has 0 saturated heterocycles. The first-order valence-electron chi connectivity index (χ1n) is 9.08. The Morgan fingerprint density at radius 1 is 1.25 bits per heavy atom. The highest BCUT2D eigenvalue weighted by Gasteiger charge is 2.16. The van der Waals surface area contributed by atoms with Crippen LogP contribution in [0.25, 0.3) is 0 Å². The summed E-state index contributed by atoms with van der Waals surface area (Å²) in [4.78, 5) is 14.3. The van der Waals surface area contributed by atoms with Crippen molar-refractivity contribution in [3.8, 4) is 5.75 Å². The lowest BCUT2D eigenvalue weighted by Gasteiger charge is -2.16. The van der Waals surface area contributed by atoms with Crippen molar-refractivity contribution in [2.45, 2.75) is 40.6 Å². The van der Waals surface area contributed by atoms with Crippen molar-refractivity contribution in [2.75, 3.05) is 7.05 Å². The first kappa shape index (κ1) is 19.9. The Hall–Kier alpha value is -2.80. The van der Waals surface area contributed by atoms with Crippen molar-refractivity contribution in [2.24, 2.45) is 0 Å². The summed E-state index contributed by atoms with van der Waals surface area (Å²) in [5.41, 5.74) is 3.27. The number of amides is 1. The molecule has 1 aromatic carbocycles. The largest absolute Gasteiger partial charge is 0.471 e. The van der Waals surface area contributed by atoms with Crippen molar-refractivity contribution in [1.82, 2.24) is 24.5 Å². The Kier molecular flexibility index (Phi) is 6.04. The second kappa shape index (κ2) is 8.48. The van der Waals surface area contributed by atoms with E-state index in [9.17, 15) is 4.79 Å². The summed E-state index contributed by atoms with van der Waals surface area (Å²) in [6, 6.07) is 7.37. The molecule has 148 valence electrons. The third-order valence-electron chi connectivity index (χ3n) is 4.48. The van der Waals surface area contributed by atoms with E-state index in [0.29, 0.717) is 18.0 Å². The summed E-state index contributed by atoms with van der Waals surface area (Å²) in [6.07, 6.45) is 3.47. The van der Waals surface area contributed by atoms with E-state index in [2.05, 4.69) is 10.2 Å². The Balaban J connectivity index is 1.62. The van der Waals surface area contributed by atoms with Crippen LogP contribution in [0.3, 0.4) is 0 Å². The number of nitrogens with zero attached hydrogens (tertiary/aromatic N) is 5. The first-order chi connectivity index (χ1) is 13.4. The quantitative estimate of drug-likeness (QED) is 0.605. The summed E-state index contributed by atoms with van der Waals surface area (Å²) in [6.45, 7) is 7.34. The van der Waals surface area contributed by atoms with E-state index in [1.54, 1.807) is 35.1 Å². The van der Waals surface area contributed by atoms with Crippen molar-refractivity contribution < 1.29 is 9.53 Å². The van der Waals surface area contributed by atoms with Crippen LogP contribution in [0.4, 0.5) is 0 Å². The van der Waals surface area contributed by atoms with Crippen molar-refractivity contribution in [3.63, 3.8) is 0 Å². The average molecular weight is 402 g/mol. The zero-order valence-corrected chi connectivity index (χ0v) is 17.3. The second-order valence-corrected chi connectivity index (χ2v) is 7.06. The molecule has 0 fully saturated rings. The molecule has 0 N–H and O–H groups in total. The smallest absolute Gasteiger partial charge is 0.274 e. The van der Waals surface area contributed by atoms with Gasteiger partial charge in [-0.2, -0.15) is 10.2 Å². The maximum Gasteiger partial charge on any atom is 0.274 e. The van der Waals surface area contributed by atoms with E-state index < -0.39 is 0 Å². The maximum absolute atomic E-state index is 12.6. The zero-order chi connectivity index (χ0) is 20.3. The van der Waals surface area contributed by atoms with E-state index in [1.165, 1.54) is 0 Å². The van der Waals surface area contributed by atoms with Crippen LogP contribution >= 0.6 is 11.6 Å². The molecule has 0 spiro atoms. The molecule has 0 saturated carbocycles. The first-order valence-corrected chi connectivity index (χ1v) is 9.46. The van der Waals surface area contributed by atoms with Crippen LogP contribution in [0.1, 0.15) is 34.2 Å². The number of halogens is 1. The lowest BCUT2D eigenvalue weighted by atomic mass is 10.1.